The Bertz CT molecular complexity index is 663. The monoisotopic (exact) mass is 495 g/mol. The largest absolute Gasteiger partial charge is 0.494 e. The third kappa shape index (κ3) is 8.11. The fourth-order valence-corrected chi connectivity index (χ4v) is 4.38. The first-order valence-corrected chi connectivity index (χ1v) is 10.7. The summed E-state index contributed by atoms with van der Waals surface area (Å²) in [4.78, 5) is 4.17. The third-order valence-corrected chi connectivity index (χ3v) is 5.96. The number of guanidine groups is 1. The Morgan fingerprint density at radius 3 is 2.62 bits per heavy atom. The highest BCUT2D eigenvalue weighted by Gasteiger charge is 2.28. The molecule has 1 aromatic rings. The van der Waals surface area contributed by atoms with E-state index in [4.69, 9.17) is 4.74 Å². The molecule has 2 N–H and O–H groups in total. The zero-order chi connectivity index (χ0) is 18.1. The Morgan fingerprint density at radius 1 is 1.31 bits per heavy atom. The highest BCUT2D eigenvalue weighted by molar-refractivity contribution is 14.0. The van der Waals surface area contributed by atoms with Gasteiger partial charge >= 0.3 is 0 Å². The number of nitrogens with zero attached hydrogens (tertiary/aromatic N) is 1. The molecule has 1 heterocycles. The standard InChI is InChI=1S/C18H29N3O3S.HI/c1-3-4-12-24-17-7-5-15(6-8-17)9-11-20-18(19-2)21-16-10-13-25(22,23)14-16;/h5-8,16H,3-4,9-14H2,1-2H3,(H2,19,20,21);1H. The number of nitrogens with one attached hydrogen (secondary N) is 2. The molecule has 0 spiro atoms. The summed E-state index contributed by atoms with van der Waals surface area (Å²) in [5, 5.41) is 6.43. The van der Waals surface area contributed by atoms with Gasteiger partial charge in [-0.3, -0.25) is 4.99 Å². The van der Waals surface area contributed by atoms with Crippen molar-refractivity contribution in [1.82, 2.24) is 10.6 Å². The fourth-order valence-electron chi connectivity index (χ4n) is 2.71. The lowest BCUT2D eigenvalue weighted by Crippen LogP contribution is -2.44. The maximum atomic E-state index is 11.5. The Labute approximate surface area is 174 Å². The molecule has 0 radical (unpaired) electrons. The van der Waals surface area contributed by atoms with Gasteiger partial charge in [-0.2, -0.15) is 0 Å². The molecule has 0 amide bonds. The van der Waals surface area contributed by atoms with Crippen molar-refractivity contribution < 1.29 is 13.2 Å². The van der Waals surface area contributed by atoms with Crippen molar-refractivity contribution in [2.45, 2.75) is 38.6 Å². The number of aliphatic imine (C=N–C) groups is 1. The lowest BCUT2D eigenvalue weighted by molar-refractivity contribution is 0.309. The highest BCUT2D eigenvalue weighted by atomic mass is 127. The van der Waals surface area contributed by atoms with Crippen LogP contribution in [0.25, 0.3) is 0 Å². The van der Waals surface area contributed by atoms with Crippen LogP contribution in [0.1, 0.15) is 31.7 Å². The second-order valence-electron chi connectivity index (χ2n) is 6.34. The molecule has 0 bridgehead atoms. The maximum Gasteiger partial charge on any atom is 0.191 e. The molecule has 0 saturated carbocycles. The lowest BCUT2D eigenvalue weighted by atomic mass is 10.1. The van der Waals surface area contributed by atoms with Gasteiger partial charge in [-0.25, -0.2) is 8.42 Å². The summed E-state index contributed by atoms with van der Waals surface area (Å²) >= 11 is 0. The van der Waals surface area contributed by atoms with E-state index in [0.717, 1.165) is 38.2 Å². The quantitative estimate of drug-likeness (QED) is 0.251. The second kappa shape index (κ2) is 11.6. The number of rotatable bonds is 8. The summed E-state index contributed by atoms with van der Waals surface area (Å²) in [6, 6.07) is 8.10. The number of sulfone groups is 1. The van der Waals surface area contributed by atoms with Gasteiger partial charge in [0.25, 0.3) is 0 Å². The van der Waals surface area contributed by atoms with Crippen molar-refractivity contribution in [1.29, 1.82) is 0 Å². The predicted octanol–water partition coefficient (Wildman–Crippen LogP) is 2.38. The molecule has 1 aliphatic heterocycles. The Morgan fingerprint density at radius 2 is 2.04 bits per heavy atom. The summed E-state index contributed by atoms with van der Waals surface area (Å²) in [6.07, 6.45) is 3.70. The lowest BCUT2D eigenvalue weighted by Gasteiger charge is -2.16. The van der Waals surface area contributed by atoms with Gasteiger partial charge in [0.1, 0.15) is 5.75 Å². The third-order valence-electron chi connectivity index (χ3n) is 4.19. The molecule has 8 heteroatoms. The molecule has 1 aromatic carbocycles. The van der Waals surface area contributed by atoms with E-state index in [0.29, 0.717) is 12.4 Å². The van der Waals surface area contributed by atoms with Crippen molar-refractivity contribution in [3.8, 4) is 5.75 Å². The van der Waals surface area contributed by atoms with E-state index in [1.165, 1.54) is 5.56 Å². The molecule has 26 heavy (non-hydrogen) atoms. The van der Waals surface area contributed by atoms with E-state index in [1.54, 1.807) is 7.05 Å². The van der Waals surface area contributed by atoms with E-state index in [2.05, 4.69) is 34.7 Å². The molecule has 148 valence electrons. The van der Waals surface area contributed by atoms with E-state index in [-0.39, 0.29) is 41.5 Å². The van der Waals surface area contributed by atoms with Gasteiger partial charge in [0.05, 0.1) is 18.1 Å². The molecular formula is C18H30IN3O3S. The van der Waals surface area contributed by atoms with Crippen LogP contribution in [0.4, 0.5) is 0 Å². The molecule has 0 aromatic heterocycles. The van der Waals surface area contributed by atoms with Crippen molar-refractivity contribution in [2.75, 3.05) is 31.7 Å². The topological polar surface area (TPSA) is 79.8 Å². The molecule has 0 aliphatic carbocycles. The Balaban J connectivity index is 0.00000338. The van der Waals surface area contributed by atoms with Gasteiger partial charge in [-0.1, -0.05) is 25.5 Å². The fraction of sp³-hybridized carbons (Fsp3) is 0.611. The van der Waals surface area contributed by atoms with Crippen LogP contribution in [-0.4, -0.2) is 52.1 Å². The molecule has 1 saturated heterocycles. The molecule has 1 fully saturated rings. The molecular weight excluding hydrogens is 465 g/mol. The second-order valence-corrected chi connectivity index (χ2v) is 8.57. The normalized spacial score (nSPS) is 18.8. The van der Waals surface area contributed by atoms with E-state index >= 15 is 0 Å². The van der Waals surface area contributed by atoms with Crippen LogP contribution < -0.4 is 15.4 Å². The molecule has 1 unspecified atom stereocenters. The van der Waals surface area contributed by atoms with Crippen molar-refractivity contribution in [3.05, 3.63) is 29.8 Å². The summed E-state index contributed by atoms with van der Waals surface area (Å²) in [7, 11) is -1.19. The van der Waals surface area contributed by atoms with Crippen molar-refractivity contribution >= 4 is 39.8 Å². The minimum absolute atomic E-state index is 0. The first-order chi connectivity index (χ1) is 12.0. The van der Waals surface area contributed by atoms with Gasteiger partial charge in [0.2, 0.25) is 0 Å². The van der Waals surface area contributed by atoms with Crippen molar-refractivity contribution in [2.24, 2.45) is 4.99 Å². The average molecular weight is 495 g/mol. The predicted molar refractivity (Wildman–Crippen MR) is 118 cm³/mol. The highest BCUT2D eigenvalue weighted by Crippen LogP contribution is 2.13. The minimum atomic E-state index is -2.88. The number of hydrogen-bond acceptors (Lipinski definition) is 4. The van der Waals surface area contributed by atoms with Crippen LogP contribution in [0, 0.1) is 0 Å². The zero-order valence-corrected chi connectivity index (χ0v) is 18.7. The van der Waals surface area contributed by atoms with E-state index in [1.807, 2.05) is 12.1 Å². The molecule has 2 rings (SSSR count). The number of hydrogen-bond donors (Lipinski definition) is 2. The number of halogens is 1. The number of unbranched alkanes of at least 4 members (excludes halogenated alkanes) is 1. The van der Waals surface area contributed by atoms with Crippen LogP contribution >= 0.6 is 24.0 Å². The Hall–Kier alpha value is -1.03. The molecule has 1 aliphatic rings. The van der Waals surface area contributed by atoms with Crippen LogP contribution in [-0.2, 0) is 16.3 Å². The summed E-state index contributed by atoms with van der Waals surface area (Å²) in [5.41, 5.74) is 1.22. The smallest absolute Gasteiger partial charge is 0.191 e. The maximum absolute atomic E-state index is 11.5. The van der Waals surface area contributed by atoms with Gasteiger partial charge in [-0.05, 0) is 37.0 Å². The van der Waals surface area contributed by atoms with Gasteiger partial charge in [-0.15, -0.1) is 24.0 Å². The van der Waals surface area contributed by atoms with Gasteiger partial charge in [0.15, 0.2) is 15.8 Å². The summed E-state index contributed by atoms with van der Waals surface area (Å²) in [5.74, 6) is 2.01. The van der Waals surface area contributed by atoms with E-state index in [9.17, 15) is 8.42 Å². The SMILES string of the molecule is CCCCOc1ccc(CCNC(=NC)NC2CCS(=O)(=O)C2)cc1.I. The summed E-state index contributed by atoms with van der Waals surface area (Å²) < 4.78 is 28.7. The molecule has 1 atom stereocenters. The zero-order valence-electron chi connectivity index (χ0n) is 15.5. The summed E-state index contributed by atoms with van der Waals surface area (Å²) in [6.45, 7) is 3.64. The first kappa shape index (κ1) is 23.0. The van der Waals surface area contributed by atoms with Crippen LogP contribution in [0.15, 0.2) is 29.3 Å². The average Bonchev–Trinajstić information content (AvgIpc) is 2.94. The van der Waals surface area contributed by atoms with Crippen LogP contribution in [0.3, 0.4) is 0 Å². The van der Waals surface area contributed by atoms with Crippen LogP contribution in [0.5, 0.6) is 5.75 Å². The number of ether oxygens (including phenoxy) is 1. The van der Waals surface area contributed by atoms with Crippen LogP contribution in [0.2, 0.25) is 0 Å². The van der Waals surface area contributed by atoms with Crippen molar-refractivity contribution in [3.63, 3.8) is 0 Å². The molecule has 6 nitrogen and oxygen atoms in total. The van der Waals surface area contributed by atoms with E-state index < -0.39 is 9.84 Å². The Kier molecular flexibility index (Phi) is 10.3. The number of benzene rings is 1. The van der Waals surface area contributed by atoms with Gasteiger partial charge < -0.3 is 15.4 Å². The van der Waals surface area contributed by atoms with Gasteiger partial charge in [0, 0.05) is 19.6 Å². The minimum Gasteiger partial charge on any atom is -0.494 e. The first-order valence-electron chi connectivity index (χ1n) is 8.92.